The number of carbonyl (C=O) groups is 2. The van der Waals surface area contributed by atoms with Crippen LogP contribution in [0.5, 0.6) is 0 Å². The molecule has 0 amide bonds. The molecule has 1 unspecified atom stereocenters. The average molecular weight is 219 g/mol. The number of hydrogen-bond acceptors (Lipinski definition) is 3. The monoisotopic (exact) mass is 219 g/mol. The van der Waals surface area contributed by atoms with Crippen LogP contribution in [0, 0.1) is 0 Å². The Balaban J connectivity index is 2.51. The van der Waals surface area contributed by atoms with Crippen molar-refractivity contribution < 1.29 is 19.8 Å². The molecule has 1 aliphatic heterocycles. The molecule has 2 N–H and O–H groups in total. The van der Waals surface area contributed by atoms with Gasteiger partial charge in [-0.1, -0.05) is 24.3 Å². The molecular weight excluding hydrogens is 210 g/mol. The summed E-state index contributed by atoms with van der Waals surface area (Å²) < 4.78 is 0. The third-order valence-corrected chi connectivity index (χ3v) is 2.47. The van der Waals surface area contributed by atoms with E-state index in [0.717, 1.165) is 0 Å². The molecule has 5 heteroatoms. The lowest BCUT2D eigenvalue weighted by atomic mass is 9.93. The van der Waals surface area contributed by atoms with Crippen molar-refractivity contribution in [3.63, 3.8) is 0 Å². The lowest BCUT2D eigenvalue weighted by Gasteiger charge is -2.19. The quantitative estimate of drug-likeness (QED) is 0.773. The highest BCUT2D eigenvalue weighted by Crippen LogP contribution is 2.27. The van der Waals surface area contributed by atoms with Gasteiger partial charge in [-0.3, -0.25) is 4.99 Å². The summed E-state index contributed by atoms with van der Waals surface area (Å²) in [6, 6.07) is 5.76. The zero-order valence-electron chi connectivity index (χ0n) is 8.25. The van der Waals surface area contributed by atoms with Crippen molar-refractivity contribution in [2.75, 3.05) is 0 Å². The van der Waals surface area contributed by atoms with Gasteiger partial charge in [0, 0.05) is 6.42 Å². The molecule has 1 aromatic rings. The fourth-order valence-corrected chi connectivity index (χ4v) is 1.73. The second kappa shape index (κ2) is 3.77. The number of aliphatic imine (C=N–C) groups is 1. The van der Waals surface area contributed by atoms with Gasteiger partial charge in [0.2, 0.25) is 0 Å². The van der Waals surface area contributed by atoms with E-state index < -0.39 is 18.0 Å². The fraction of sp³-hybridized carbons (Fsp3) is 0.182. The van der Waals surface area contributed by atoms with Gasteiger partial charge >= 0.3 is 11.9 Å². The van der Waals surface area contributed by atoms with Crippen molar-refractivity contribution in [2.45, 2.75) is 12.5 Å². The number of carboxylic acid groups (broad SMARTS) is 2. The molecule has 0 bridgehead atoms. The summed E-state index contributed by atoms with van der Waals surface area (Å²) in [5.74, 6) is -2.30. The molecule has 0 aliphatic carbocycles. The van der Waals surface area contributed by atoms with Crippen LogP contribution >= 0.6 is 0 Å². The molecule has 0 saturated heterocycles. The van der Waals surface area contributed by atoms with E-state index in [0.29, 0.717) is 11.1 Å². The predicted octanol–water partition coefficient (Wildman–Crippen LogP) is 0.894. The Kier molecular flexibility index (Phi) is 2.44. The maximum absolute atomic E-state index is 11.0. The topological polar surface area (TPSA) is 87.0 Å². The Morgan fingerprint density at radius 3 is 2.56 bits per heavy atom. The zero-order chi connectivity index (χ0) is 11.7. The highest BCUT2D eigenvalue weighted by molar-refractivity contribution is 6.36. The van der Waals surface area contributed by atoms with Crippen LogP contribution in [0.1, 0.15) is 17.2 Å². The number of carboxylic acids is 2. The first-order valence-corrected chi connectivity index (χ1v) is 4.70. The van der Waals surface area contributed by atoms with Crippen molar-refractivity contribution in [1.29, 1.82) is 0 Å². The summed E-state index contributed by atoms with van der Waals surface area (Å²) in [4.78, 5) is 25.5. The van der Waals surface area contributed by atoms with Crippen LogP contribution in [-0.2, 0) is 16.0 Å². The van der Waals surface area contributed by atoms with E-state index in [4.69, 9.17) is 10.2 Å². The number of benzene rings is 1. The predicted molar refractivity (Wildman–Crippen MR) is 55.6 cm³/mol. The van der Waals surface area contributed by atoms with Crippen molar-refractivity contribution in [3.8, 4) is 0 Å². The van der Waals surface area contributed by atoms with Gasteiger partial charge in [0.15, 0.2) is 6.04 Å². The van der Waals surface area contributed by atoms with Crippen LogP contribution in [0.25, 0.3) is 0 Å². The van der Waals surface area contributed by atoms with Crippen LogP contribution in [-0.4, -0.2) is 27.9 Å². The van der Waals surface area contributed by atoms with Gasteiger partial charge in [-0.25, -0.2) is 9.59 Å². The van der Waals surface area contributed by atoms with Crippen LogP contribution in [0.3, 0.4) is 0 Å². The van der Waals surface area contributed by atoms with Gasteiger partial charge in [-0.05, 0) is 11.1 Å². The number of hydrogen-bond donors (Lipinski definition) is 2. The van der Waals surface area contributed by atoms with E-state index >= 15 is 0 Å². The number of rotatable bonds is 2. The Hall–Kier alpha value is -2.17. The minimum absolute atomic E-state index is 0.105. The van der Waals surface area contributed by atoms with Crippen LogP contribution in [0.2, 0.25) is 0 Å². The van der Waals surface area contributed by atoms with Gasteiger partial charge in [-0.15, -0.1) is 0 Å². The summed E-state index contributed by atoms with van der Waals surface area (Å²) >= 11 is 0. The molecular formula is C11H9NO4. The Morgan fingerprint density at radius 1 is 1.25 bits per heavy atom. The van der Waals surface area contributed by atoms with E-state index in [1.54, 1.807) is 24.3 Å². The minimum Gasteiger partial charge on any atom is -0.479 e. The van der Waals surface area contributed by atoms with Crippen molar-refractivity contribution in [2.24, 2.45) is 4.99 Å². The second-order valence-corrected chi connectivity index (χ2v) is 3.50. The van der Waals surface area contributed by atoms with Gasteiger partial charge in [-0.2, -0.15) is 0 Å². The Morgan fingerprint density at radius 2 is 1.94 bits per heavy atom. The van der Waals surface area contributed by atoms with Gasteiger partial charge < -0.3 is 10.2 Å². The summed E-state index contributed by atoms with van der Waals surface area (Å²) in [5, 5.41) is 17.8. The molecule has 1 aliphatic rings. The maximum atomic E-state index is 11.0. The molecule has 5 nitrogen and oxygen atoms in total. The number of fused-ring (bicyclic) bond motifs is 1. The van der Waals surface area contributed by atoms with Gasteiger partial charge in [0.1, 0.15) is 5.71 Å². The second-order valence-electron chi connectivity index (χ2n) is 3.50. The molecule has 0 spiro atoms. The fourth-order valence-electron chi connectivity index (χ4n) is 1.73. The first-order valence-electron chi connectivity index (χ1n) is 4.70. The van der Waals surface area contributed by atoms with Crippen LogP contribution in [0.15, 0.2) is 29.3 Å². The lowest BCUT2D eigenvalue weighted by molar-refractivity contribution is -0.138. The molecule has 1 atom stereocenters. The van der Waals surface area contributed by atoms with E-state index in [-0.39, 0.29) is 12.1 Å². The first-order chi connectivity index (χ1) is 7.59. The molecule has 0 fully saturated rings. The van der Waals surface area contributed by atoms with Crippen molar-refractivity contribution in [1.82, 2.24) is 0 Å². The normalized spacial score (nSPS) is 18.5. The van der Waals surface area contributed by atoms with E-state index in [1.807, 2.05) is 0 Å². The van der Waals surface area contributed by atoms with E-state index in [1.165, 1.54) is 0 Å². The average Bonchev–Trinajstić information content (AvgIpc) is 2.27. The SMILES string of the molecule is O=C(O)C1=NC(C(=O)O)c2ccccc2C1. The minimum atomic E-state index is -1.17. The van der Waals surface area contributed by atoms with Gasteiger partial charge in [0.25, 0.3) is 0 Å². The molecule has 1 aromatic carbocycles. The smallest absolute Gasteiger partial charge is 0.350 e. The number of nitrogens with zero attached hydrogens (tertiary/aromatic N) is 1. The lowest BCUT2D eigenvalue weighted by Crippen LogP contribution is -2.25. The standard InChI is InChI=1S/C11H9NO4/c13-10(14)8-5-6-3-1-2-4-7(6)9(12-8)11(15)16/h1-4,9H,5H2,(H,13,14)(H,15,16). The summed E-state index contributed by atoms with van der Waals surface area (Å²) in [7, 11) is 0. The largest absolute Gasteiger partial charge is 0.479 e. The van der Waals surface area contributed by atoms with E-state index in [2.05, 4.69) is 4.99 Å². The molecule has 1 heterocycles. The molecule has 82 valence electrons. The maximum Gasteiger partial charge on any atom is 0.350 e. The Labute approximate surface area is 91.1 Å². The van der Waals surface area contributed by atoms with Crippen molar-refractivity contribution >= 4 is 17.7 Å². The summed E-state index contributed by atoms with van der Waals surface area (Å²) in [6.45, 7) is 0. The summed E-state index contributed by atoms with van der Waals surface area (Å²) in [6.07, 6.45) is 0.176. The number of aliphatic carboxylic acids is 2. The highest BCUT2D eigenvalue weighted by atomic mass is 16.4. The van der Waals surface area contributed by atoms with Crippen molar-refractivity contribution in [3.05, 3.63) is 35.4 Å². The van der Waals surface area contributed by atoms with Gasteiger partial charge in [0.05, 0.1) is 0 Å². The molecule has 0 aromatic heterocycles. The molecule has 0 radical (unpaired) electrons. The zero-order valence-corrected chi connectivity index (χ0v) is 8.25. The first kappa shape index (κ1) is 10.4. The molecule has 0 saturated carbocycles. The summed E-state index contributed by atoms with van der Waals surface area (Å²) in [5.41, 5.74) is 1.17. The third-order valence-electron chi connectivity index (χ3n) is 2.47. The van der Waals surface area contributed by atoms with Crippen LogP contribution < -0.4 is 0 Å². The third kappa shape index (κ3) is 1.67. The van der Waals surface area contributed by atoms with Crippen LogP contribution in [0.4, 0.5) is 0 Å². The molecule has 16 heavy (non-hydrogen) atoms. The Bertz CT molecular complexity index is 493. The highest BCUT2D eigenvalue weighted by Gasteiger charge is 2.28. The van der Waals surface area contributed by atoms with E-state index in [9.17, 15) is 9.59 Å². The molecule has 2 rings (SSSR count).